The number of aromatic nitrogens is 3. The number of guanidine groups is 1. The molecule has 0 saturated carbocycles. The summed E-state index contributed by atoms with van der Waals surface area (Å²) in [7, 11) is 1.97. The van der Waals surface area contributed by atoms with Crippen LogP contribution in [0.5, 0.6) is 0 Å². The maximum Gasteiger partial charge on any atom is 0.192 e. The van der Waals surface area contributed by atoms with E-state index in [-0.39, 0.29) is 36.1 Å². The van der Waals surface area contributed by atoms with Crippen LogP contribution in [0.1, 0.15) is 49.1 Å². The summed E-state index contributed by atoms with van der Waals surface area (Å²) in [5, 5.41) is 15.5. The molecule has 1 aromatic heterocycles. The van der Waals surface area contributed by atoms with Gasteiger partial charge in [0.2, 0.25) is 0 Å². The Kier molecular flexibility index (Phi) is 9.97. The van der Waals surface area contributed by atoms with Crippen molar-refractivity contribution in [1.29, 1.82) is 0 Å². The van der Waals surface area contributed by atoms with E-state index < -0.39 is 0 Å². The normalized spacial score (nSPS) is 13.2. The fourth-order valence-corrected chi connectivity index (χ4v) is 3.23. The van der Waals surface area contributed by atoms with Crippen LogP contribution in [-0.2, 0) is 20.0 Å². The molecule has 6 nitrogen and oxygen atoms in total. The van der Waals surface area contributed by atoms with Crippen molar-refractivity contribution in [2.24, 2.45) is 12.0 Å². The first-order chi connectivity index (χ1) is 14.5. The number of nitrogens with zero attached hydrogens (tertiary/aromatic N) is 4. The van der Waals surface area contributed by atoms with Crippen LogP contribution in [0.4, 0.5) is 0 Å². The number of hydrogen-bond donors (Lipinski definition) is 2. The summed E-state index contributed by atoms with van der Waals surface area (Å²) >= 11 is 0. The van der Waals surface area contributed by atoms with Gasteiger partial charge in [0.15, 0.2) is 11.8 Å². The van der Waals surface area contributed by atoms with Crippen LogP contribution < -0.4 is 10.6 Å². The Hall–Kier alpha value is -2.42. The minimum atomic E-state index is 0. The van der Waals surface area contributed by atoms with E-state index in [1.54, 1.807) is 0 Å². The second kappa shape index (κ2) is 12.4. The molecule has 2 unspecified atom stereocenters. The van der Waals surface area contributed by atoms with Gasteiger partial charge in [-0.2, -0.15) is 0 Å². The van der Waals surface area contributed by atoms with Crippen molar-refractivity contribution in [1.82, 2.24) is 25.4 Å². The summed E-state index contributed by atoms with van der Waals surface area (Å²) in [6.45, 7) is 6.76. The fourth-order valence-electron chi connectivity index (χ4n) is 3.23. The highest BCUT2D eigenvalue weighted by Crippen LogP contribution is 2.11. The maximum absolute atomic E-state index is 4.80. The van der Waals surface area contributed by atoms with Gasteiger partial charge in [0, 0.05) is 13.1 Å². The van der Waals surface area contributed by atoms with Crippen molar-refractivity contribution in [3.8, 4) is 0 Å². The molecule has 3 aromatic rings. The molecule has 0 aliphatic carbocycles. The maximum atomic E-state index is 4.80. The number of halogens is 1. The number of hydrogen-bond acceptors (Lipinski definition) is 3. The molecule has 7 heteroatoms. The zero-order valence-corrected chi connectivity index (χ0v) is 21.1. The molecule has 166 valence electrons. The highest BCUT2D eigenvalue weighted by molar-refractivity contribution is 14.0. The Morgan fingerprint density at radius 3 is 2.23 bits per heavy atom. The van der Waals surface area contributed by atoms with Crippen LogP contribution in [-0.4, -0.2) is 26.8 Å². The molecule has 0 spiro atoms. The third-order valence-electron chi connectivity index (χ3n) is 5.31. The van der Waals surface area contributed by atoms with E-state index in [0.717, 1.165) is 30.5 Å². The molecule has 31 heavy (non-hydrogen) atoms. The van der Waals surface area contributed by atoms with E-state index in [1.807, 2.05) is 24.6 Å². The lowest BCUT2D eigenvalue weighted by Gasteiger charge is -2.22. The summed E-state index contributed by atoms with van der Waals surface area (Å²) in [5.74, 6) is 2.52. The Morgan fingerprint density at radius 2 is 1.61 bits per heavy atom. The average molecular weight is 532 g/mol. The van der Waals surface area contributed by atoms with Crippen LogP contribution in [0.2, 0.25) is 0 Å². The van der Waals surface area contributed by atoms with Crippen molar-refractivity contribution in [3.05, 3.63) is 83.4 Å². The molecule has 0 amide bonds. The van der Waals surface area contributed by atoms with Gasteiger partial charge in [0.05, 0.1) is 6.04 Å². The highest BCUT2D eigenvalue weighted by Gasteiger charge is 2.12. The number of aliphatic imine (C=N–C) groups is 1. The first-order valence-corrected chi connectivity index (χ1v) is 10.5. The minimum Gasteiger partial charge on any atom is -0.354 e. The van der Waals surface area contributed by atoms with Gasteiger partial charge in [-0.3, -0.25) is 0 Å². The molecule has 2 aromatic carbocycles. The van der Waals surface area contributed by atoms with Crippen molar-refractivity contribution in [3.63, 3.8) is 0 Å². The van der Waals surface area contributed by atoms with Crippen molar-refractivity contribution in [2.75, 3.05) is 0 Å². The molecular formula is C24H33IN6. The Bertz CT molecular complexity index is 939. The molecule has 0 aliphatic heterocycles. The lowest BCUT2D eigenvalue weighted by atomic mass is 10.1. The molecule has 3 rings (SSSR count). The van der Waals surface area contributed by atoms with Gasteiger partial charge in [0.25, 0.3) is 0 Å². The predicted octanol–water partition coefficient (Wildman–Crippen LogP) is 4.56. The van der Waals surface area contributed by atoms with Crippen LogP contribution in [0, 0.1) is 6.92 Å². The Morgan fingerprint density at radius 1 is 0.968 bits per heavy atom. The highest BCUT2D eigenvalue weighted by atomic mass is 127. The van der Waals surface area contributed by atoms with Gasteiger partial charge in [-0.05, 0) is 44.7 Å². The largest absolute Gasteiger partial charge is 0.354 e. The minimum absolute atomic E-state index is 0. The van der Waals surface area contributed by atoms with Gasteiger partial charge in [0.1, 0.15) is 12.4 Å². The summed E-state index contributed by atoms with van der Waals surface area (Å²) in [6.07, 6.45) is 2.05. The number of benzene rings is 2. The van der Waals surface area contributed by atoms with Crippen LogP contribution in [0.25, 0.3) is 0 Å². The van der Waals surface area contributed by atoms with E-state index in [2.05, 4.69) is 89.3 Å². The topological polar surface area (TPSA) is 67.1 Å². The van der Waals surface area contributed by atoms with E-state index in [9.17, 15) is 0 Å². The number of nitrogens with one attached hydrogen (secondary N) is 2. The molecule has 1 heterocycles. The standard InChI is InChI=1S/C24H32N6.HI/c1-18(15-16-21-11-7-5-8-12-21)26-24(25-17-23-29-28-20(3)30(23)4)27-19(2)22-13-9-6-10-14-22;/h5-14,18-19H,15-17H2,1-4H3,(H2,25,26,27);1H. The van der Waals surface area contributed by atoms with Crippen LogP contribution in [0.15, 0.2) is 65.7 Å². The van der Waals surface area contributed by atoms with Gasteiger partial charge >= 0.3 is 0 Å². The van der Waals surface area contributed by atoms with Gasteiger partial charge in [-0.15, -0.1) is 34.2 Å². The lowest BCUT2D eigenvalue weighted by Crippen LogP contribution is -2.43. The van der Waals surface area contributed by atoms with Crippen LogP contribution in [0.3, 0.4) is 0 Å². The summed E-state index contributed by atoms with van der Waals surface area (Å²) in [4.78, 5) is 4.80. The molecule has 0 bridgehead atoms. The third kappa shape index (κ3) is 7.65. The zero-order chi connectivity index (χ0) is 21.3. The number of rotatable bonds is 8. The van der Waals surface area contributed by atoms with Crippen molar-refractivity contribution < 1.29 is 0 Å². The lowest BCUT2D eigenvalue weighted by molar-refractivity contribution is 0.578. The van der Waals surface area contributed by atoms with Crippen molar-refractivity contribution >= 4 is 29.9 Å². The summed E-state index contributed by atoms with van der Waals surface area (Å²) < 4.78 is 1.97. The predicted molar refractivity (Wildman–Crippen MR) is 138 cm³/mol. The quantitative estimate of drug-likeness (QED) is 0.254. The van der Waals surface area contributed by atoms with E-state index in [1.165, 1.54) is 11.1 Å². The van der Waals surface area contributed by atoms with Gasteiger partial charge in [-0.25, -0.2) is 4.99 Å². The second-order valence-electron chi connectivity index (χ2n) is 7.73. The van der Waals surface area contributed by atoms with E-state index in [0.29, 0.717) is 6.54 Å². The fraction of sp³-hybridized carbons (Fsp3) is 0.375. The second-order valence-corrected chi connectivity index (χ2v) is 7.73. The zero-order valence-electron chi connectivity index (χ0n) is 18.7. The first-order valence-electron chi connectivity index (χ1n) is 10.5. The van der Waals surface area contributed by atoms with Crippen molar-refractivity contribution in [2.45, 2.75) is 52.2 Å². The third-order valence-corrected chi connectivity index (χ3v) is 5.31. The monoisotopic (exact) mass is 532 g/mol. The molecule has 2 N–H and O–H groups in total. The molecular weight excluding hydrogens is 499 g/mol. The first kappa shape index (κ1) is 24.8. The van der Waals surface area contributed by atoms with Gasteiger partial charge in [-0.1, -0.05) is 60.7 Å². The summed E-state index contributed by atoms with van der Waals surface area (Å²) in [6, 6.07) is 21.4. The Labute approximate surface area is 202 Å². The molecule has 2 atom stereocenters. The Balaban J connectivity index is 0.00000341. The molecule has 0 radical (unpaired) electrons. The summed E-state index contributed by atoms with van der Waals surface area (Å²) in [5.41, 5.74) is 2.57. The number of aryl methyl sites for hydroxylation is 2. The molecule has 0 aliphatic rings. The molecule has 0 fully saturated rings. The SMILES string of the molecule is Cc1nnc(CN=C(NC(C)CCc2ccccc2)NC(C)c2ccccc2)n1C.I. The van der Waals surface area contributed by atoms with E-state index >= 15 is 0 Å². The average Bonchev–Trinajstić information content (AvgIpc) is 3.09. The van der Waals surface area contributed by atoms with Gasteiger partial charge < -0.3 is 15.2 Å². The van der Waals surface area contributed by atoms with Crippen LogP contribution >= 0.6 is 24.0 Å². The van der Waals surface area contributed by atoms with E-state index in [4.69, 9.17) is 4.99 Å². The smallest absolute Gasteiger partial charge is 0.192 e. The molecule has 0 saturated heterocycles.